The molecule has 1 spiro atoms. The van der Waals surface area contributed by atoms with Crippen LogP contribution < -0.4 is 5.32 Å². The Labute approximate surface area is 223 Å². The van der Waals surface area contributed by atoms with Gasteiger partial charge in [0.1, 0.15) is 0 Å². The van der Waals surface area contributed by atoms with Gasteiger partial charge in [-0.15, -0.1) is 0 Å². The molecule has 0 aliphatic heterocycles. The maximum atomic E-state index is 3.72. The molecule has 2 aliphatic carbocycles. The molecule has 1 nitrogen and oxygen atoms in total. The highest BCUT2D eigenvalue weighted by atomic mass is 14.9. The molecule has 0 saturated heterocycles. The summed E-state index contributed by atoms with van der Waals surface area (Å²) in [6.45, 7) is 0. The van der Waals surface area contributed by atoms with Gasteiger partial charge in [0.15, 0.2) is 0 Å². The first kappa shape index (κ1) is 21.2. The zero-order valence-corrected chi connectivity index (χ0v) is 20.9. The van der Waals surface area contributed by atoms with E-state index in [-0.39, 0.29) is 5.41 Å². The second-order valence-corrected chi connectivity index (χ2v) is 10.2. The number of hydrogen-bond acceptors (Lipinski definition) is 1. The molecule has 38 heavy (non-hydrogen) atoms. The van der Waals surface area contributed by atoms with Crippen LogP contribution in [0.15, 0.2) is 146 Å². The first-order chi connectivity index (χ1) is 18.8. The summed E-state index contributed by atoms with van der Waals surface area (Å²) in [5.74, 6) is 0. The summed E-state index contributed by atoms with van der Waals surface area (Å²) >= 11 is 0. The minimum atomic E-state index is -0.317. The maximum absolute atomic E-state index is 3.72. The summed E-state index contributed by atoms with van der Waals surface area (Å²) in [4.78, 5) is 0. The third-order valence-corrected chi connectivity index (χ3v) is 8.26. The number of hydrogen-bond donors (Lipinski definition) is 1. The maximum Gasteiger partial charge on any atom is 0.0726 e. The molecule has 1 heteroatoms. The molecule has 0 aromatic heterocycles. The average Bonchev–Trinajstić information content (AvgIpc) is 3.45. The van der Waals surface area contributed by atoms with Gasteiger partial charge in [-0.2, -0.15) is 0 Å². The van der Waals surface area contributed by atoms with Gasteiger partial charge in [-0.3, -0.25) is 0 Å². The lowest BCUT2D eigenvalue weighted by atomic mass is 9.70. The summed E-state index contributed by atoms with van der Waals surface area (Å²) in [6.07, 6.45) is 0. The zero-order valence-electron chi connectivity index (χ0n) is 20.9. The third-order valence-electron chi connectivity index (χ3n) is 8.26. The van der Waals surface area contributed by atoms with Gasteiger partial charge >= 0.3 is 0 Å². The molecule has 0 atom stereocenters. The normalized spacial score (nSPS) is 13.5. The Morgan fingerprint density at radius 3 is 1.47 bits per heavy atom. The molecule has 6 aromatic carbocycles. The van der Waals surface area contributed by atoms with Crippen LogP contribution in [0.4, 0.5) is 11.4 Å². The largest absolute Gasteiger partial charge is 0.355 e. The van der Waals surface area contributed by atoms with Gasteiger partial charge in [0, 0.05) is 11.4 Å². The van der Waals surface area contributed by atoms with E-state index in [4.69, 9.17) is 0 Å². The molecule has 0 bridgehead atoms. The van der Waals surface area contributed by atoms with Gasteiger partial charge < -0.3 is 5.32 Å². The van der Waals surface area contributed by atoms with Crippen LogP contribution in [0.25, 0.3) is 33.4 Å². The molecule has 1 N–H and O–H groups in total. The van der Waals surface area contributed by atoms with Crippen molar-refractivity contribution in [2.45, 2.75) is 5.41 Å². The molecular formula is C37H25N. The second kappa shape index (κ2) is 8.06. The predicted octanol–water partition coefficient (Wildman–Crippen LogP) is 9.44. The van der Waals surface area contributed by atoms with Crippen LogP contribution in [0.3, 0.4) is 0 Å². The van der Waals surface area contributed by atoms with Gasteiger partial charge in [-0.05, 0) is 79.9 Å². The Kier molecular flexibility index (Phi) is 4.50. The van der Waals surface area contributed by atoms with Crippen LogP contribution >= 0.6 is 0 Å². The summed E-state index contributed by atoms with van der Waals surface area (Å²) in [7, 11) is 0. The highest BCUT2D eigenvalue weighted by Crippen LogP contribution is 2.62. The summed E-state index contributed by atoms with van der Waals surface area (Å²) in [5, 5.41) is 3.72. The number of nitrogens with one attached hydrogen (secondary N) is 1. The molecule has 8 rings (SSSR count). The molecule has 0 unspecified atom stereocenters. The molecule has 0 amide bonds. The molecule has 0 saturated carbocycles. The van der Waals surface area contributed by atoms with E-state index in [0.29, 0.717) is 0 Å². The monoisotopic (exact) mass is 483 g/mol. The van der Waals surface area contributed by atoms with Gasteiger partial charge in [0.2, 0.25) is 0 Å². The Bertz CT molecular complexity index is 1780. The number of anilines is 2. The van der Waals surface area contributed by atoms with E-state index >= 15 is 0 Å². The van der Waals surface area contributed by atoms with E-state index in [0.717, 1.165) is 11.4 Å². The van der Waals surface area contributed by atoms with E-state index in [1.807, 2.05) is 0 Å². The van der Waals surface area contributed by atoms with Crippen molar-refractivity contribution in [3.8, 4) is 33.4 Å². The average molecular weight is 484 g/mol. The minimum Gasteiger partial charge on any atom is -0.355 e. The highest BCUT2D eigenvalue weighted by Gasteiger charge is 2.51. The first-order valence-electron chi connectivity index (χ1n) is 13.2. The van der Waals surface area contributed by atoms with Crippen LogP contribution in [0, 0.1) is 0 Å². The summed E-state index contributed by atoms with van der Waals surface area (Å²) in [6, 6.07) is 53.0. The highest BCUT2D eigenvalue weighted by molar-refractivity contribution is 5.95. The second-order valence-electron chi connectivity index (χ2n) is 10.2. The lowest BCUT2D eigenvalue weighted by Crippen LogP contribution is -2.25. The Morgan fingerprint density at radius 1 is 0.342 bits per heavy atom. The number of rotatable bonds is 3. The van der Waals surface area contributed by atoms with Crippen LogP contribution in [0.1, 0.15) is 22.3 Å². The summed E-state index contributed by atoms with van der Waals surface area (Å²) < 4.78 is 0. The minimum absolute atomic E-state index is 0.317. The lowest BCUT2D eigenvalue weighted by molar-refractivity contribution is 0.794. The van der Waals surface area contributed by atoms with Gasteiger partial charge in [0.05, 0.1) is 5.41 Å². The smallest absolute Gasteiger partial charge is 0.0726 e. The van der Waals surface area contributed by atoms with Crippen LogP contribution in [-0.2, 0) is 5.41 Å². The van der Waals surface area contributed by atoms with Crippen molar-refractivity contribution in [3.05, 3.63) is 168 Å². The fourth-order valence-corrected chi connectivity index (χ4v) is 6.75. The van der Waals surface area contributed by atoms with Gasteiger partial charge in [0.25, 0.3) is 0 Å². The van der Waals surface area contributed by atoms with Crippen LogP contribution in [0.5, 0.6) is 0 Å². The van der Waals surface area contributed by atoms with Crippen LogP contribution in [-0.4, -0.2) is 0 Å². The van der Waals surface area contributed by atoms with Crippen LogP contribution in [0.2, 0.25) is 0 Å². The molecular weight excluding hydrogens is 458 g/mol. The van der Waals surface area contributed by atoms with Crippen molar-refractivity contribution >= 4 is 11.4 Å². The van der Waals surface area contributed by atoms with E-state index in [1.54, 1.807) is 0 Å². The van der Waals surface area contributed by atoms with Crippen molar-refractivity contribution in [3.63, 3.8) is 0 Å². The molecule has 2 aliphatic rings. The van der Waals surface area contributed by atoms with Crippen molar-refractivity contribution in [1.82, 2.24) is 0 Å². The number of benzene rings is 6. The van der Waals surface area contributed by atoms with Gasteiger partial charge in [-0.1, -0.05) is 121 Å². The SMILES string of the molecule is c1ccc(-c2cccc(Nc3ccc4c(c3)C3(c5ccccc5-c5ccccc53)c3ccccc3-4)c2)cc1. The van der Waals surface area contributed by atoms with Crippen molar-refractivity contribution < 1.29 is 0 Å². The Morgan fingerprint density at radius 2 is 0.842 bits per heavy atom. The predicted molar refractivity (Wildman–Crippen MR) is 158 cm³/mol. The topological polar surface area (TPSA) is 12.0 Å². The first-order valence-corrected chi connectivity index (χ1v) is 13.2. The zero-order chi connectivity index (χ0) is 25.1. The third kappa shape index (κ3) is 2.87. The molecule has 178 valence electrons. The number of fused-ring (bicyclic) bond motifs is 10. The fourth-order valence-electron chi connectivity index (χ4n) is 6.75. The lowest BCUT2D eigenvalue weighted by Gasteiger charge is -2.30. The van der Waals surface area contributed by atoms with E-state index in [9.17, 15) is 0 Å². The Hall–Kier alpha value is -4.88. The quantitative estimate of drug-likeness (QED) is 0.264. The fraction of sp³-hybridized carbons (Fsp3) is 0.0270. The molecule has 0 heterocycles. The van der Waals surface area contributed by atoms with E-state index < -0.39 is 0 Å². The van der Waals surface area contributed by atoms with Crippen molar-refractivity contribution in [2.75, 3.05) is 5.32 Å². The van der Waals surface area contributed by atoms with Crippen molar-refractivity contribution in [2.24, 2.45) is 0 Å². The van der Waals surface area contributed by atoms with E-state index in [1.165, 1.54) is 55.6 Å². The standard InChI is InChI=1S/C37H25N/c1-2-11-25(12-3-1)26-13-10-14-27(23-26)38-28-21-22-32-31-17-6-9-20-35(31)37(36(32)24-28)33-18-7-4-15-29(33)30-16-5-8-19-34(30)37/h1-24,38H. The summed E-state index contributed by atoms with van der Waals surface area (Å²) in [5.41, 5.74) is 15.1. The Balaban J connectivity index is 1.32. The van der Waals surface area contributed by atoms with Crippen molar-refractivity contribution in [1.29, 1.82) is 0 Å². The van der Waals surface area contributed by atoms with E-state index in [2.05, 4.69) is 151 Å². The molecule has 6 aromatic rings. The molecule has 0 radical (unpaired) electrons. The molecule has 0 fully saturated rings. The van der Waals surface area contributed by atoms with Gasteiger partial charge in [-0.25, -0.2) is 0 Å².